The SMILES string of the molecule is CC(C)O[Si](OC(C)C)(C1CCCCCC1)C1CCCCCC1. The van der Waals surface area contributed by atoms with Gasteiger partial charge in [-0.3, -0.25) is 0 Å². The molecule has 2 rings (SSSR count). The summed E-state index contributed by atoms with van der Waals surface area (Å²) in [6.07, 6.45) is 17.2. The Bertz CT molecular complexity index is 282. The van der Waals surface area contributed by atoms with Crippen molar-refractivity contribution in [2.24, 2.45) is 0 Å². The molecule has 2 nitrogen and oxygen atoms in total. The second-order valence-electron chi connectivity index (χ2n) is 8.43. The maximum atomic E-state index is 6.86. The number of rotatable bonds is 6. The minimum Gasteiger partial charge on any atom is -0.391 e. The molecule has 2 saturated carbocycles. The normalized spacial score (nSPS) is 23.2. The van der Waals surface area contributed by atoms with Crippen molar-refractivity contribution < 1.29 is 8.85 Å². The van der Waals surface area contributed by atoms with E-state index < -0.39 is 8.56 Å². The van der Waals surface area contributed by atoms with Crippen LogP contribution in [0.4, 0.5) is 0 Å². The molecule has 2 aliphatic rings. The Labute approximate surface area is 146 Å². The molecule has 0 aliphatic heterocycles. The lowest BCUT2D eigenvalue weighted by Crippen LogP contribution is -2.54. The van der Waals surface area contributed by atoms with Gasteiger partial charge in [0.15, 0.2) is 0 Å². The average Bonchev–Trinajstić information content (AvgIpc) is 2.91. The maximum absolute atomic E-state index is 6.86. The molecule has 136 valence electrons. The fourth-order valence-corrected chi connectivity index (χ4v) is 10.2. The van der Waals surface area contributed by atoms with Crippen LogP contribution in [0.3, 0.4) is 0 Å². The summed E-state index contributed by atoms with van der Waals surface area (Å²) in [5, 5.41) is 0. The molecule has 0 spiro atoms. The Balaban J connectivity index is 2.30. The summed E-state index contributed by atoms with van der Waals surface area (Å²) in [6, 6.07) is 0. The topological polar surface area (TPSA) is 18.5 Å². The summed E-state index contributed by atoms with van der Waals surface area (Å²) in [4.78, 5) is 0. The van der Waals surface area contributed by atoms with Crippen molar-refractivity contribution in [2.75, 3.05) is 0 Å². The van der Waals surface area contributed by atoms with Crippen molar-refractivity contribution in [3.05, 3.63) is 0 Å². The second kappa shape index (κ2) is 9.58. The van der Waals surface area contributed by atoms with Crippen LogP contribution in [0.25, 0.3) is 0 Å². The maximum Gasteiger partial charge on any atom is 0.345 e. The van der Waals surface area contributed by atoms with Gasteiger partial charge in [-0.05, 0) is 53.4 Å². The first kappa shape index (κ1) is 19.5. The number of hydrogen-bond donors (Lipinski definition) is 0. The third kappa shape index (κ3) is 5.57. The van der Waals surface area contributed by atoms with Gasteiger partial charge in [-0.2, -0.15) is 0 Å². The smallest absolute Gasteiger partial charge is 0.345 e. The Morgan fingerprint density at radius 2 is 0.870 bits per heavy atom. The molecule has 0 aromatic heterocycles. The fraction of sp³-hybridized carbons (Fsp3) is 1.00. The Hall–Kier alpha value is 0.137. The molecule has 0 aromatic rings. The van der Waals surface area contributed by atoms with Crippen LogP contribution in [-0.2, 0) is 8.85 Å². The first-order chi connectivity index (χ1) is 11.0. The molecule has 0 saturated heterocycles. The van der Waals surface area contributed by atoms with Gasteiger partial charge >= 0.3 is 8.56 Å². The van der Waals surface area contributed by atoms with E-state index in [1.165, 1.54) is 77.0 Å². The van der Waals surface area contributed by atoms with Gasteiger partial charge in [0.05, 0.1) is 0 Å². The van der Waals surface area contributed by atoms with Gasteiger partial charge in [-0.1, -0.05) is 51.4 Å². The van der Waals surface area contributed by atoms with Gasteiger partial charge in [0, 0.05) is 23.3 Å². The molecule has 0 heterocycles. The van der Waals surface area contributed by atoms with E-state index in [9.17, 15) is 0 Å². The molecule has 23 heavy (non-hydrogen) atoms. The van der Waals surface area contributed by atoms with E-state index in [4.69, 9.17) is 8.85 Å². The first-order valence-electron chi connectivity index (χ1n) is 10.4. The summed E-state index contributed by atoms with van der Waals surface area (Å²) in [5.41, 5.74) is 1.44. The predicted molar refractivity (Wildman–Crippen MR) is 101 cm³/mol. The van der Waals surface area contributed by atoms with Crippen LogP contribution in [0.1, 0.15) is 105 Å². The Morgan fingerprint density at radius 3 is 1.13 bits per heavy atom. The highest BCUT2D eigenvalue weighted by atomic mass is 28.4. The van der Waals surface area contributed by atoms with Gasteiger partial charge < -0.3 is 8.85 Å². The summed E-state index contributed by atoms with van der Waals surface area (Å²) < 4.78 is 13.7. The van der Waals surface area contributed by atoms with E-state index in [2.05, 4.69) is 27.7 Å². The van der Waals surface area contributed by atoms with Crippen LogP contribution in [0.5, 0.6) is 0 Å². The summed E-state index contributed by atoms with van der Waals surface area (Å²) in [7, 11) is -2.18. The zero-order valence-electron chi connectivity index (χ0n) is 16.1. The van der Waals surface area contributed by atoms with E-state index in [0.717, 1.165) is 11.1 Å². The van der Waals surface area contributed by atoms with E-state index in [-0.39, 0.29) is 0 Å². The zero-order valence-corrected chi connectivity index (χ0v) is 17.1. The van der Waals surface area contributed by atoms with Crippen LogP contribution >= 0.6 is 0 Å². The minimum atomic E-state index is -2.18. The van der Waals surface area contributed by atoms with Gasteiger partial charge in [-0.15, -0.1) is 0 Å². The van der Waals surface area contributed by atoms with Crippen LogP contribution in [0.2, 0.25) is 11.1 Å². The van der Waals surface area contributed by atoms with Crippen molar-refractivity contribution >= 4 is 8.56 Å². The van der Waals surface area contributed by atoms with Crippen molar-refractivity contribution in [1.29, 1.82) is 0 Å². The van der Waals surface area contributed by atoms with Crippen molar-refractivity contribution in [1.82, 2.24) is 0 Å². The number of hydrogen-bond acceptors (Lipinski definition) is 2. The molecule has 0 unspecified atom stereocenters. The highest BCUT2D eigenvalue weighted by molar-refractivity contribution is 6.70. The summed E-state index contributed by atoms with van der Waals surface area (Å²) in [5.74, 6) is 0. The molecule has 0 bridgehead atoms. The molecule has 0 atom stereocenters. The van der Waals surface area contributed by atoms with Crippen molar-refractivity contribution in [3.8, 4) is 0 Å². The van der Waals surface area contributed by atoms with E-state index in [1.807, 2.05) is 0 Å². The second-order valence-corrected chi connectivity index (χ2v) is 12.0. The zero-order chi connectivity index (χ0) is 16.7. The molecule has 3 heteroatoms. The third-order valence-corrected chi connectivity index (χ3v) is 10.8. The summed E-state index contributed by atoms with van der Waals surface area (Å²) in [6.45, 7) is 8.88. The van der Waals surface area contributed by atoms with E-state index >= 15 is 0 Å². The predicted octanol–water partition coefficient (Wildman–Crippen LogP) is 6.73. The van der Waals surface area contributed by atoms with E-state index in [0.29, 0.717) is 12.2 Å². The Kier molecular flexibility index (Phi) is 8.10. The molecule has 0 radical (unpaired) electrons. The van der Waals surface area contributed by atoms with Gasteiger partial charge in [0.25, 0.3) is 0 Å². The van der Waals surface area contributed by atoms with Gasteiger partial charge in [-0.25, -0.2) is 0 Å². The fourth-order valence-electron chi connectivity index (χ4n) is 4.85. The lowest BCUT2D eigenvalue weighted by Gasteiger charge is -2.45. The average molecular weight is 341 g/mol. The first-order valence-corrected chi connectivity index (χ1v) is 12.4. The summed E-state index contributed by atoms with van der Waals surface area (Å²) >= 11 is 0. The highest BCUT2D eigenvalue weighted by Gasteiger charge is 2.52. The largest absolute Gasteiger partial charge is 0.391 e. The molecular formula is C20H40O2Si. The molecular weight excluding hydrogens is 300 g/mol. The molecule has 0 N–H and O–H groups in total. The highest BCUT2D eigenvalue weighted by Crippen LogP contribution is 2.49. The molecule has 2 fully saturated rings. The standard InChI is InChI=1S/C20H40O2Si/c1-17(2)21-23(22-18(3)4,19-13-9-5-6-10-14-19)20-15-11-7-8-12-16-20/h17-20H,5-16H2,1-4H3. The third-order valence-electron chi connectivity index (χ3n) is 5.69. The van der Waals surface area contributed by atoms with Crippen LogP contribution in [0.15, 0.2) is 0 Å². The van der Waals surface area contributed by atoms with E-state index in [1.54, 1.807) is 0 Å². The molecule has 2 aliphatic carbocycles. The Morgan fingerprint density at radius 1 is 0.565 bits per heavy atom. The monoisotopic (exact) mass is 340 g/mol. The molecule has 0 amide bonds. The van der Waals surface area contributed by atoms with Crippen molar-refractivity contribution in [2.45, 2.75) is 128 Å². The van der Waals surface area contributed by atoms with Crippen LogP contribution in [-0.4, -0.2) is 20.8 Å². The molecule has 0 aromatic carbocycles. The van der Waals surface area contributed by atoms with Gasteiger partial charge in [0.2, 0.25) is 0 Å². The quantitative estimate of drug-likeness (QED) is 0.394. The lowest BCUT2D eigenvalue weighted by atomic mass is 10.2. The lowest BCUT2D eigenvalue weighted by molar-refractivity contribution is 0.0841. The van der Waals surface area contributed by atoms with Gasteiger partial charge in [0.1, 0.15) is 0 Å². The van der Waals surface area contributed by atoms with Crippen molar-refractivity contribution in [3.63, 3.8) is 0 Å². The minimum absolute atomic E-state index is 0.298. The van der Waals surface area contributed by atoms with Crippen LogP contribution < -0.4 is 0 Å². The van der Waals surface area contributed by atoms with Crippen LogP contribution in [0, 0.1) is 0 Å².